The Hall–Kier alpha value is -1.44. The summed E-state index contributed by atoms with van der Waals surface area (Å²) in [6.45, 7) is 4.14. The van der Waals surface area contributed by atoms with Gasteiger partial charge in [0.05, 0.1) is 17.7 Å². The number of anilines is 2. The van der Waals surface area contributed by atoms with E-state index in [1.165, 1.54) is 6.42 Å². The molecule has 122 valence electrons. The van der Waals surface area contributed by atoms with Crippen LogP contribution in [0.5, 0.6) is 0 Å². The van der Waals surface area contributed by atoms with Gasteiger partial charge >= 0.3 is 0 Å². The van der Waals surface area contributed by atoms with E-state index in [9.17, 15) is 8.42 Å². The molecule has 1 aromatic heterocycles. The van der Waals surface area contributed by atoms with Gasteiger partial charge in [-0.25, -0.2) is 8.42 Å². The monoisotopic (exact) mass is 325 g/mol. The standard InChI is InChI=1S/C14H23N5O2S/c1-11-4-3-6-19(9-11)14-16-13(8-15-17-14)18(2)12-5-7-22(20,21)10-12/h8,11-12H,3-7,9-10H2,1-2H3. The molecule has 2 fully saturated rings. The molecule has 0 N–H and O–H groups in total. The summed E-state index contributed by atoms with van der Waals surface area (Å²) < 4.78 is 23.3. The van der Waals surface area contributed by atoms with Crippen LogP contribution in [0.4, 0.5) is 11.8 Å². The van der Waals surface area contributed by atoms with Crippen LogP contribution in [-0.2, 0) is 9.84 Å². The summed E-state index contributed by atoms with van der Waals surface area (Å²) in [6, 6.07) is -0.0187. The lowest BCUT2D eigenvalue weighted by Gasteiger charge is -2.31. The number of sulfone groups is 1. The molecule has 2 atom stereocenters. The van der Waals surface area contributed by atoms with E-state index in [2.05, 4.69) is 27.0 Å². The quantitative estimate of drug-likeness (QED) is 0.810. The highest BCUT2D eigenvalue weighted by Crippen LogP contribution is 2.24. The van der Waals surface area contributed by atoms with Crippen LogP contribution in [0.2, 0.25) is 0 Å². The normalized spacial score (nSPS) is 27.8. The van der Waals surface area contributed by atoms with Gasteiger partial charge in [-0.2, -0.15) is 10.1 Å². The number of nitrogens with zero attached hydrogens (tertiary/aromatic N) is 5. The molecule has 1 aromatic rings. The lowest BCUT2D eigenvalue weighted by Crippen LogP contribution is -2.37. The molecule has 0 radical (unpaired) electrons. The summed E-state index contributed by atoms with van der Waals surface area (Å²) in [7, 11) is -1.02. The Morgan fingerprint density at radius 2 is 2.18 bits per heavy atom. The van der Waals surface area contributed by atoms with Crippen molar-refractivity contribution in [2.24, 2.45) is 5.92 Å². The molecule has 3 heterocycles. The van der Waals surface area contributed by atoms with Gasteiger partial charge in [-0.15, -0.1) is 5.10 Å². The molecule has 2 unspecified atom stereocenters. The fourth-order valence-corrected chi connectivity index (χ4v) is 5.00. The van der Waals surface area contributed by atoms with Crippen LogP contribution in [-0.4, -0.2) is 61.3 Å². The Balaban J connectivity index is 1.76. The van der Waals surface area contributed by atoms with Crippen LogP contribution in [0, 0.1) is 5.92 Å². The van der Waals surface area contributed by atoms with Gasteiger partial charge in [0, 0.05) is 26.2 Å². The topological polar surface area (TPSA) is 79.3 Å². The zero-order valence-electron chi connectivity index (χ0n) is 13.1. The molecule has 8 heteroatoms. The van der Waals surface area contributed by atoms with Crippen molar-refractivity contribution in [1.82, 2.24) is 15.2 Å². The van der Waals surface area contributed by atoms with Gasteiger partial charge in [0.25, 0.3) is 0 Å². The Labute approximate surface area is 131 Å². The van der Waals surface area contributed by atoms with Crippen molar-refractivity contribution in [2.45, 2.75) is 32.2 Å². The second-order valence-corrected chi connectivity index (χ2v) is 8.70. The highest BCUT2D eigenvalue weighted by Gasteiger charge is 2.31. The van der Waals surface area contributed by atoms with Gasteiger partial charge in [0.15, 0.2) is 15.7 Å². The van der Waals surface area contributed by atoms with Crippen LogP contribution in [0.25, 0.3) is 0 Å². The third-order valence-electron chi connectivity index (χ3n) is 4.59. The first-order valence-corrected chi connectivity index (χ1v) is 9.65. The minimum atomic E-state index is -2.90. The number of hydrogen-bond donors (Lipinski definition) is 0. The minimum Gasteiger partial charge on any atom is -0.354 e. The van der Waals surface area contributed by atoms with Crippen molar-refractivity contribution in [3.63, 3.8) is 0 Å². The van der Waals surface area contributed by atoms with Gasteiger partial charge in [-0.1, -0.05) is 6.92 Å². The van der Waals surface area contributed by atoms with Crippen molar-refractivity contribution >= 4 is 21.6 Å². The Morgan fingerprint density at radius 1 is 1.36 bits per heavy atom. The van der Waals surface area contributed by atoms with Crippen LogP contribution in [0.1, 0.15) is 26.2 Å². The SMILES string of the molecule is CC1CCCN(c2nncc(N(C)C3CCS(=O)(=O)C3)n2)C1. The minimum absolute atomic E-state index is 0.0187. The third kappa shape index (κ3) is 3.31. The highest BCUT2D eigenvalue weighted by molar-refractivity contribution is 7.91. The number of piperidine rings is 1. The summed E-state index contributed by atoms with van der Waals surface area (Å²) in [6.07, 6.45) is 4.65. The van der Waals surface area contributed by atoms with E-state index >= 15 is 0 Å². The first kappa shape index (κ1) is 15.5. The lowest BCUT2D eigenvalue weighted by atomic mass is 10.0. The Kier molecular flexibility index (Phi) is 4.20. The molecule has 2 aliphatic rings. The van der Waals surface area contributed by atoms with E-state index in [0.717, 1.165) is 19.5 Å². The first-order valence-electron chi connectivity index (χ1n) is 7.82. The first-order chi connectivity index (χ1) is 10.4. The summed E-state index contributed by atoms with van der Waals surface area (Å²) in [5, 5.41) is 8.22. The van der Waals surface area contributed by atoms with Gasteiger partial charge in [0.1, 0.15) is 0 Å². The number of rotatable bonds is 3. The molecule has 3 rings (SSSR count). The highest BCUT2D eigenvalue weighted by atomic mass is 32.2. The van der Waals surface area contributed by atoms with Crippen molar-refractivity contribution in [2.75, 3.05) is 41.4 Å². The number of hydrogen-bond acceptors (Lipinski definition) is 7. The summed E-state index contributed by atoms with van der Waals surface area (Å²) >= 11 is 0. The maximum Gasteiger partial charge on any atom is 0.247 e. The van der Waals surface area contributed by atoms with Crippen molar-refractivity contribution in [3.8, 4) is 0 Å². The second kappa shape index (κ2) is 5.98. The van der Waals surface area contributed by atoms with Gasteiger partial charge in [-0.3, -0.25) is 0 Å². The van der Waals surface area contributed by atoms with Crippen LogP contribution in [0.3, 0.4) is 0 Å². The maximum atomic E-state index is 11.6. The van der Waals surface area contributed by atoms with Gasteiger partial charge in [0.2, 0.25) is 5.95 Å². The Bertz CT molecular complexity index is 636. The predicted octanol–water partition coefficient (Wildman–Crippen LogP) is 0.731. The fourth-order valence-electron chi connectivity index (χ4n) is 3.23. The van der Waals surface area contributed by atoms with Gasteiger partial charge < -0.3 is 9.80 Å². The molecular formula is C14H23N5O2S. The lowest BCUT2D eigenvalue weighted by molar-refractivity contribution is 0.440. The van der Waals surface area contributed by atoms with E-state index < -0.39 is 9.84 Å². The maximum absolute atomic E-state index is 11.6. The molecule has 22 heavy (non-hydrogen) atoms. The zero-order chi connectivity index (χ0) is 15.7. The third-order valence-corrected chi connectivity index (χ3v) is 6.34. The van der Waals surface area contributed by atoms with Crippen LogP contribution in [0.15, 0.2) is 6.20 Å². The molecule has 0 spiro atoms. The summed E-state index contributed by atoms with van der Waals surface area (Å²) in [5.41, 5.74) is 0. The van der Waals surface area contributed by atoms with E-state index in [1.807, 2.05) is 11.9 Å². The second-order valence-electron chi connectivity index (χ2n) is 6.48. The zero-order valence-corrected chi connectivity index (χ0v) is 14.0. The molecular weight excluding hydrogens is 302 g/mol. The molecule has 0 amide bonds. The van der Waals surface area contributed by atoms with Crippen molar-refractivity contribution in [3.05, 3.63) is 6.20 Å². The predicted molar refractivity (Wildman–Crippen MR) is 85.9 cm³/mol. The van der Waals surface area contributed by atoms with Crippen LogP contribution < -0.4 is 9.80 Å². The molecule has 2 aliphatic heterocycles. The smallest absolute Gasteiger partial charge is 0.247 e. The van der Waals surface area contributed by atoms with E-state index in [4.69, 9.17) is 0 Å². The molecule has 0 aromatic carbocycles. The largest absolute Gasteiger partial charge is 0.354 e. The van der Waals surface area contributed by atoms with Crippen molar-refractivity contribution < 1.29 is 8.42 Å². The van der Waals surface area contributed by atoms with Gasteiger partial charge in [-0.05, 0) is 25.2 Å². The van der Waals surface area contributed by atoms with E-state index in [0.29, 0.717) is 24.1 Å². The molecule has 2 saturated heterocycles. The average molecular weight is 325 g/mol. The summed E-state index contributed by atoms with van der Waals surface area (Å²) in [5.74, 6) is 2.45. The molecule has 0 saturated carbocycles. The average Bonchev–Trinajstić information content (AvgIpc) is 2.87. The van der Waals surface area contributed by atoms with E-state index in [1.54, 1.807) is 6.20 Å². The molecule has 0 bridgehead atoms. The number of aromatic nitrogens is 3. The fraction of sp³-hybridized carbons (Fsp3) is 0.786. The van der Waals surface area contributed by atoms with E-state index in [-0.39, 0.29) is 17.5 Å². The molecule has 0 aliphatic carbocycles. The molecule has 7 nitrogen and oxygen atoms in total. The Morgan fingerprint density at radius 3 is 2.86 bits per heavy atom. The summed E-state index contributed by atoms with van der Waals surface area (Å²) in [4.78, 5) is 8.70. The van der Waals surface area contributed by atoms with Crippen molar-refractivity contribution in [1.29, 1.82) is 0 Å². The van der Waals surface area contributed by atoms with Crippen LogP contribution >= 0.6 is 0 Å².